The molecule has 0 aromatic heterocycles. The largest absolute Gasteiger partial charge is 0.465 e. The SMILES string of the molecule is CC(=O)OC[C@]12CCC(C)=C[C@H]1O[C@@H]1C(=O)[C@@H](OC(C)=O)[C@@]2(C)[C@]12CO2. The highest BCUT2D eigenvalue weighted by atomic mass is 16.6. The minimum Gasteiger partial charge on any atom is -0.465 e. The molecular formula is C19H24O7. The summed E-state index contributed by atoms with van der Waals surface area (Å²) in [5.74, 6) is -1.17. The van der Waals surface area contributed by atoms with Crippen molar-refractivity contribution in [1.82, 2.24) is 0 Å². The first-order valence-electron chi connectivity index (χ1n) is 8.99. The Kier molecular flexibility index (Phi) is 3.66. The van der Waals surface area contributed by atoms with E-state index in [0.29, 0.717) is 13.0 Å². The highest BCUT2D eigenvalue weighted by Crippen LogP contribution is 2.71. The number of epoxide rings is 1. The second kappa shape index (κ2) is 5.39. The van der Waals surface area contributed by atoms with Gasteiger partial charge >= 0.3 is 11.9 Å². The van der Waals surface area contributed by atoms with Crippen LogP contribution in [0.2, 0.25) is 0 Å². The Morgan fingerprint density at radius 1 is 1.31 bits per heavy atom. The van der Waals surface area contributed by atoms with Gasteiger partial charge in [0.1, 0.15) is 12.2 Å². The van der Waals surface area contributed by atoms with E-state index in [2.05, 4.69) is 0 Å². The third-order valence-electron chi connectivity index (χ3n) is 6.88. The van der Waals surface area contributed by atoms with Crippen LogP contribution in [0.15, 0.2) is 11.6 Å². The summed E-state index contributed by atoms with van der Waals surface area (Å²) >= 11 is 0. The predicted octanol–water partition coefficient (Wildman–Crippen LogP) is 1.33. The van der Waals surface area contributed by atoms with Gasteiger partial charge in [0.2, 0.25) is 5.78 Å². The summed E-state index contributed by atoms with van der Waals surface area (Å²) in [6.07, 6.45) is 1.32. The monoisotopic (exact) mass is 364 g/mol. The summed E-state index contributed by atoms with van der Waals surface area (Å²) in [4.78, 5) is 36.4. The zero-order chi connectivity index (χ0) is 18.9. The van der Waals surface area contributed by atoms with Gasteiger partial charge in [0, 0.05) is 19.3 Å². The van der Waals surface area contributed by atoms with Gasteiger partial charge in [-0.1, -0.05) is 18.6 Å². The molecule has 26 heavy (non-hydrogen) atoms. The van der Waals surface area contributed by atoms with Crippen molar-refractivity contribution in [2.75, 3.05) is 13.2 Å². The Hall–Kier alpha value is -1.73. The van der Waals surface area contributed by atoms with Gasteiger partial charge < -0.3 is 18.9 Å². The van der Waals surface area contributed by atoms with E-state index in [1.54, 1.807) is 0 Å². The maximum absolute atomic E-state index is 13.1. The average molecular weight is 364 g/mol. The molecule has 0 aromatic carbocycles. The smallest absolute Gasteiger partial charge is 0.303 e. The average Bonchev–Trinajstić information content (AvgIpc) is 3.34. The van der Waals surface area contributed by atoms with E-state index < -0.39 is 46.7 Å². The molecule has 0 unspecified atom stereocenters. The van der Waals surface area contributed by atoms with Gasteiger partial charge in [-0.25, -0.2) is 0 Å². The van der Waals surface area contributed by atoms with Gasteiger partial charge in [-0.15, -0.1) is 0 Å². The van der Waals surface area contributed by atoms with Crippen LogP contribution in [0, 0.1) is 10.8 Å². The maximum Gasteiger partial charge on any atom is 0.303 e. The highest BCUT2D eigenvalue weighted by molar-refractivity contribution is 5.96. The van der Waals surface area contributed by atoms with E-state index in [4.69, 9.17) is 18.9 Å². The number of allylic oxidation sites excluding steroid dienone is 1. The Morgan fingerprint density at radius 3 is 2.58 bits per heavy atom. The number of hydrogen-bond acceptors (Lipinski definition) is 7. The fraction of sp³-hybridized carbons (Fsp3) is 0.737. The van der Waals surface area contributed by atoms with E-state index >= 15 is 0 Å². The molecule has 2 aliphatic carbocycles. The molecule has 0 radical (unpaired) electrons. The fourth-order valence-electron chi connectivity index (χ4n) is 5.35. The van der Waals surface area contributed by atoms with Crippen LogP contribution in [-0.2, 0) is 33.3 Å². The molecule has 2 heterocycles. The molecule has 4 rings (SSSR count). The Morgan fingerprint density at radius 2 is 2.00 bits per heavy atom. The molecule has 1 spiro atoms. The first kappa shape index (κ1) is 17.7. The van der Waals surface area contributed by atoms with Crippen molar-refractivity contribution in [3.63, 3.8) is 0 Å². The molecule has 0 aromatic rings. The van der Waals surface area contributed by atoms with Crippen molar-refractivity contribution in [3.05, 3.63) is 11.6 Å². The molecule has 2 bridgehead atoms. The van der Waals surface area contributed by atoms with Gasteiger partial charge in [-0.2, -0.15) is 0 Å². The lowest BCUT2D eigenvalue weighted by Gasteiger charge is -2.57. The fourth-order valence-corrected chi connectivity index (χ4v) is 5.35. The van der Waals surface area contributed by atoms with Crippen LogP contribution >= 0.6 is 0 Å². The number of fused-ring (bicyclic) bond motifs is 2. The number of ether oxygens (including phenoxy) is 4. The van der Waals surface area contributed by atoms with E-state index in [9.17, 15) is 14.4 Å². The van der Waals surface area contributed by atoms with Crippen LogP contribution in [0.25, 0.3) is 0 Å². The van der Waals surface area contributed by atoms with Crippen LogP contribution in [0.1, 0.15) is 40.5 Å². The normalized spacial score (nSPS) is 45.8. The molecule has 4 aliphatic rings. The van der Waals surface area contributed by atoms with Gasteiger partial charge in [0.15, 0.2) is 12.2 Å². The molecule has 7 nitrogen and oxygen atoms in total. The standard InChI is InChI=1S/C19H24O7/c1-10-5-6-18(8-23-11(2)20)13(7-10)26-16-14(22)15(25-12(3)21)17(18,4)19(16)9-24-19/h7,13,15-16H,5-6,8-9H2,1-4H3/t13-,15-,16-,17-,18-,19+/m1/s1. The molecule has 3 fully saturated rings. The number of esters is 2. The number of Topliss-reactive ketones (excluding diaryl/α,β-unsaturated/α-hetero) is 1. The maximum atomic E-state index is 13.1. The van der Waals surface area contributed by atoms with Crippen molar-refractivity contribution in [1.29, 1.82) is 0 Å². The number of ketones is 1. The summed E-state index contributed by atoms with van der Waals surface area (Å²) < 4.78 is 23.0. The minimum atomic E-state index is -0.972. The third kappa shape index (κ3) is 1.98. The quantitative estimate of drug-likeness (QED) is 0.424. The van der Waals surface area contributed by atoms with Gasteiger partial charge in [0.25, 0.3) is 0 Å². The zero-order valence-corrected chi connectivity index (χ0v) is 15.5. The predicted molar refractivity (Wildman–Crippen MR) is 88.1 cm³/mol. The lowest BCUT2D eigenvalue weighted by molar-refractivity contribution is -0.232. The lowest BCUT2D eigenvalue weighted by Crippen LogP contribution is -2.66. The Bertz CT molecular complexity index is 721. The molecule has 6 atom stereocenters. The van der Waals surface area contributed by atoms with Crippen LogP contribution in [0.3, 0.4) is 0 Å². The molecule has 2 saturated heterocycles. The molecule has 0 amide bonds. The molecule has 2 aliphatic heterocycles. The summed E-state index contributed by atoms with van der Waals surface area (Å²) in [6.45, 7) is 7.06. The second-order valence-corrected chi connectivity index (χ2v) is 8.16. The van der Waals surface area contributed by atoms with Crippen molar-refractivity contribution in [2.45, 2.75) is 64.4 Å². The number of carbonyl (C=O) groups excluding carboxylic acids is 3. The van der Waals surface area contributed by atoms with Gasteiger partial charge in [0.05, 0.1) is 18.1 Å². The highest BCUT2D eigenvalue weighted by Gasteiger charge is 2.86. The Balaban J connectivity index is 1.87. The van der Waals surface area contributed by atoms with Crippen molar-refractivity contribution in [3.8, 4) is 0 Å². The summed E-state index contributed by atoms with van der Waals surface area (Å²) in [7, 11) is 0. The molecule has 7 heteroatoms. The van der Waals surface area contributed by atoms with Gasteiger partial charge in [-0.3, -0.25) is 14.4 Å². The van der Waals surface area contributed by atoms with Crippen LogP contribution < -0.4 is 0 Å². The van der Waals surface area contributed by atoms with Crippen molar-refractivity contribution < 1.29 is 33.3 Å². The number of rotatable bonds is 3. The van der Waals surface area contributed by atoms with E-state index in [1.165, 1.54) is 19.4 Å². The van der Waals surface area contributed by atoms with Crippen molar-refractivity contribution >= 4 is 17.7 Å². The number of hydrogen-bond donors (Lipinski definition) is 0. The topological polar surface area (TPSA) is 91.4 Å². The third-order valence-corrected chi connectivity index (χ3v) is 6.88. The van der Waals surface area contributed by atoms with Crippen LogP contribution in [-0.4, -0.2) is 54.8 Å². The Labute approximate surface area is 152 Å². The summed E-state index contributed by atoms with van der Waals surface area (Å²) in [6, 6.07) is 0. The van der Waals surface area contributed by atoms with Crippen molar-refractivity contribution in [2.24, 2.45) is 10.8 Å². The first-order valence-corrected chi connectivity index (χ1v) is 8.99. The van der Waals surface area contributed by atoms with E-state index in [1.807, 2.05) is 19.9 Å². The molecule has 142 valence electrons. The minimum absolute atomic E-state index is 0.0934. The van der Waals surface area contributed by atoms with E-state index in [-0.39, 0.29) is 12.4 Å². The van der Waals surface area contributed by atoms with E-state index in [0.717, 1.165) is 6.42 Å². The molecule has 0 N–H and O–H groups in total. The number of carbonyl (C=O) groups is 3. The first-order chi connectivity index (χ1) is 12.2. The van der Waals surface area contributed by atoms with Crippen LogP contribution in [0.5, 0.6) is 0 Å². The molecular weight excluding hydrogens is 340 g/mol. The van der Waals surface area contributed by atoms with Crippen LogP contribution in [0.4, 0.5) is 0 Å². The molecule has 1 saturated carbocycles. The zero-order valence-electron chi connectivity index (χ0n) is 15.5. The second-order valence-electron chi connectivity index (χ2n) is 8.16. The summed E-state index contributed by atoms with van der Waals surface area (Å²) in [5.41, 5.74) is -1.18. The van der Waals surface area contributed by atoms with Gasteiger partial charge in [-0.05, 0) is 19.8 Å². The summed E-state index contributed by atoms with van der Waals surface area (Å²) in [5, 5.41) is 0. The lowest BCUT2D eigenvalue weighted by atomic mass is 9.51.